The van der Waals surface area contributed by atoms with Gasteiger partial charge in [-0.1, -0.05) is 0 Å². The summed E-state index contributed by atoms with van der Waals surface area (Å²) in [4.78, 5) is 12.0. The Morgan fingerprint density at radius 2 is 1.80 bits per heavy atom. The molecule has 0 atom stereocenters. The summed E-state index contributed by atoms with van der Waals surface area (Å²) in [6.45, 7) is 4.47. The zero-order valence-electron chi connectivity index (χ0n) is 9.75. The Morgan fingerprint density at radius 1 is 1.33 bits per heavy atom. The van der Waals surface area contributed by atoms with Crippen molar-refractivity contribution >= 4 is 5.91 Å². The molecule has 1 amide bonds. The van der Waals surface area contributed by atoms with Crippen molar-refractivity contribution in [2.24, 2.45) is 23.5 Å². The predicted molar refractivity (Wildman–Crippen MR) is 60.2 cm³/mol. The lowest BCUT2D eigenvalue weighted by molar-refractivity contribution is -0.126. The van der Waals surface area contributed by atoms with Crippen LogP contribution in [-0.2, 0) is 4.79 Å². The summed E-state index contributed by atoms with van der Waals surface area (Å²) in [6, 6.07) is 0. The van der Waals surface area contributed by atoms with Crippen LogP contribution in [0.3, 0.4) is 0 Å². The SMILES string of the molecule is CC(C)(N)CNC(=O)C(C1CC1)C1CC1. The van der Waals surface area contributed by atoms with Gasteiger partial charge in [-0.25, -0.2) is 0 Å². The lowest BCUT2D eigenvalue weighted by Crippen LogP contribution is -2.47. The number of nitrogens with two attached hydrogens (primary N) is 1. The highest BCUT2D eigenvalue weighted by Gasteiger charge is 2.45. The van der Waals surface area contributed by atoms with Gasteiger partial charge in [-0.2, -0.15) is 0 Å². The molecule has 0 unspecified atom stereocenters. The van der Waals surface area contributed by atoms with Crippen LogP contribution in [0.2, 0.25) is 0 Å². The van der Waals surface area contributed by atoms with Crippen molar-refractivity contribution in [1.29, 1.82) is 0 Å². The first-order valence-electron chi connectivity index (χ1n) is 6.04. The van der Waals surface area contributed by atoms with Gasteiger partial charge in [0.15, 0.2) is 0 Å². The van der Waals surface area contributed by atoms with Crippen molar-refractivity contribution in [3.8, 4) is 0 Å². The number of carbonyl (C=O) groups is 1. The Balaban J connectivity index is 1.82. The fraction of sp³-hybridized carbons (Fsp3) is 0.917. The topological polar surface area (TPSA) is 55.1 Å². The Hall–Kier alpha value is -0.570. The van der Waals surface area contributed by atoms with Crippen LogP contribution in [0, 0.1) is 17.8 Å². The molecular formula is C12H22N2O. The van der Waals surface area contributed by atoms with Crippen LogP contribution in [0.5, 0.6) is 0 Å². The fourth-order valence-electron chi connectivity index (χ4n) is 2.16. The highest BCUT2D eigenvalue weighted by Crippen LogP contribution is 2.49. The van der Waals surface area contributed by atoms with Gasteiger partial charge < -0.3 is 11.1 Å². The molecule has 3 nitrogen and oxygen atoms in total. The van der Waals surface area contributed by atoms with Gasteiger partial charge in [-0.3, -0.25) is 4.79 Å². The first-order valence-corrected chi connectivity index (χ1v) is 6.04. The zero-order chi connectivity index (χ0) is 11.1. The maximum atomic E-state index is 12.0. The van der Waals surface area contributed by atoms with Crippen LogP contribution in [0.25, 0.3) is 0 Å². The monoisotopic (exact) mass is 210 g/mol. The van der Waals surface area contributed by atoms with E-state index < -0.39 is 0 Å². The Kier molecular flexibility index (Phi) is 2.75. The van der Waals surface area contributed by atoms with E-state index in [1.165, 1.54) is 25.7 Å². The number of nitrogens with one attached hydrogen (secondary N) is 1. The van der Waals surface area contributed by atoms with Crippen molar-refractivity contribution in [2.75, 3.05) is 6.54 Å². The summed E-state index contributed by atoms with van der Waals surface area (Å²) >= 11 is 0. The number of carbonyl (C=O) groups excluding carboxylic acids is 1. The van der Waals surface area contributed by atoms with E-state index >= 15 is 0 Å². The predicted octanol–water partition coefficient (Wildman–Crippen LogP) is 1.28. The van der Waals surface area contributed by atoms with Gasteiger partial charge >= 0.3 is 0 Å². The lowest BCUT2D eigenvalue weighted by Gasteiger charge is -2.22. The molecule has 0 radical (unpaired) electrons. The van der Waals surface area contributed by atoms with Crippen molar-refractivity contribution in [3.63, 3.8) is 0 Å². The summed E-state index contributed by atoms with van der Waals surface area (Å²) < 4.78 is 0. The van der Waals surface area contributed by atoms with E-state index in [9.17, 15) is 4.79 Å². The van der Waals surface area contributed by atoms with E-state index in [1.54, 1.807) is 0 Å². The van der Waals surface area contributed by atoms with E-state index in [0.29, 0.717) is 24.3 Å². The quantitative estimate of drug-likeness (QED) is 0.718. The third-order valence-corrected chi connectivity index (χ3v) is 3.28. The minimum Gasteiger partial charge on any atom is -0.354 e. The van der Waals surface area contributed by atoms with Crippen molar-refractivity contribution in [3.05, 3.63) is 0 Å². The summed E-state index contributed by atoms with van der Waals surface area (Å²) in [5.41, 5.74) is 5.55. The molecule has 0 bridgehead atoms. The van der Waals surface area contributed by atoms with E-state index in [0.717, 1.165) is 0 Å². The molecule has 2 aliphatic carbocycles. The number of hydrogen-bond donors (Lipinski definition) is 2. The van der Waals surface area contributed by atoms with Gasteiger partial charge in [-0.05, 0) is 51.4 Å². The maximum absolute atomic E-state index is 12.0. The molecule has 3 N–H and O–H groups in total. The van der Waals surface area contributed by atoms with E-state index in [2.05, 4.69) is 5.32 Å². The molecule has 0 heterocycles. The van der Waals surface area contributed by atoms with Crippen LogP contribution < -0.4 is 11.1 Å². The Bertz CT molecular complexity index is 237. The molecule has 3 heteroatoms. The van der Waals surface area contributed by atoms with Gasteiger partial charge in [0.25, 0.3) is 0 Å². The van der Waals surface area contributed by atoms with Gasteiger partial charge in [0.2, 0.25) is 5.91 Å². The summed E-state index contributed by atoms with van der Waals surface area (Å²) in [5.74, 6) is 1.91. The molecule has 0 aromatic rings. The zero-order valence-corrected chi connectivity index (χ0v) is 9.75. The van der Waals surface area contributed by atoms with Crippen LogP contribution in [0.1, 0.15) is 39.5 Å². The minimum atomic E-state index is -0.298. The molecule has 0 aromatic heterocycles. The second-order valence-electron chi connectivity index (χ2n) is 5.91. The minimum absolute atomic E-state index is 0.249. The number of amides is 1. The van der Waals surface area contributed by atoms with Gasteiger partial charge in [0.05, 0.1) is 0 Å². The highest BCUT2D eigenvalue weighted by atomic mass is 16.1. The van der Waals surface area contributed by atoms with E-state index in [4.69, 9.17) is 5.73 Å². The summed E-state index contributed by atoms with van der Waals surface area (Å²) in [7, 11) is 0. The fourth-order valence-corrected chi connectivity index (χ4v) is 2.16. The second-order valence-corrected chi connectivity index (χ2v) is 5.91. The lowest BCUT2D eigenvalue weighted by atomic mass is 9.96. The first kappa shape index (κ1) is 10.9. The average molecular weight is 210 g/mol. The molecule has 0 aromatic carbocycles. The van der Waals surface area contributed by atoms with Crippen molar-refractivity contribution < 1.29 is 4.79 Å². The number of rotatable bonds is 5. The third-order valence-electron chi connectivity index (χ3n) is 3.28. The molecule has 0 spiro atoms. The Labute approximate surface area is 91.8 Å². The Morgan fingerprint density at radius 3 is 2.13 bits per heavy atom. The molecular weight excluding hydrogens is 188 g/mol. The van der Waals surface area contributed by atoms with Crippen LogP contribution in [-0.4, -0.2) is 18.0 Å². The molecule has 2 fully saturated rings. The summed E-state index contributed by atoms with van der Waals surface area (Å²) in [6.07, 6.45) is 5.00. The van der Waals surface area contributed by atoms with Crippen LogP contribution in [0.15, 0.2) is 0 Å². The van der Waals surface area contributed by atoms with Crippen LogP contribution in [0.4, 0.5) is 0 Å². The standard InChI is InChI=1S/C12H22N2O/c1-12(2,13)7-14-11(15)10(8-3-4-8)9-5-6-9/h8-10H,3-7,13H2,1-2H3,(H,14,15). The normalized spacial score (nSPS) is 21.9. The molecule has 86 valence electrons. The third kappa shape index (κ3) is 3.20. The summed E-state index contributed by atoms with van der Waals surface area (Å²) in [5, 5.41) is 3.00. The maximum Gasteiger partial charge on any atom is 0.223 e. The highest BCUT2D eigenvalue weighted by molar-refractivity contribution is 5.80. The van der Waals surface area contributed by atoms with Gasteiger partial charge in [0, 0.05) is 18.0 Å². The van der Waals surface area contributed by atoms with Crippen molar-refractivity contribution in [2.45, 2.75) is 45.1 Å². The molecule has 0 aliphatic heterocycles. The van der Waals surface area contributed by atoms with Gasteiger partial charge in [0.1, 0.15) is 0 Å². The van der Waals surface area contributed by atoms with E-state index in [1.807, 2.05) is 13.8 Å². The largest absolute Gasteiger partial charge is 0.354 e. The molecule has 0 saturated heterocycles. The van der Waals surface area contributed by atoms with Gasteiger partial charge in [-0.15, -0.1) is 0 Å². The first-order chi connectivity index (χ1) is 6.97. The molecule has 15 heavy (non-hydrogen) atoms. The van der Waals surface area contributed by atoms with Crippen LogP contribution >= 0.6 is 0 Å². The van der Waals surface area contributed by atoms with E-state index in [-0.39, 0.29) is 11.4 Å². The molecule has 2 saturated carbocycles. The van der Waals surface area contributed by atoms with Crippen molar-refractivity contribution in [1.82, 2.24) is 5.32 Å². The smallest absolute Gasteiger partial charge is 0.223 e. The second kappa shape index (κ2) is 3.78. The molecule has 2 rings (SSSR count). The average Bonchev–Trinajstić information content (AvgIpc) is 2.93. The number of hydrogen-bond acceptors (Lipinski definition) is 2. The molecule has 2 aliphatic rings.